The van der Waals surface area contributed by atoms with Gasteiger partial charge < -0.3 is 15.5 Å². The van der Waals surface area contributed by atoms with E-state index < -0.39 is 43.0 Å². The second kappa shape index (κ2) is 9.40. The molecule has 0 aliphatic rings. The third kappa shape index (κ3) is 4.82. The second-order valence-electron chi connectivity index (χ2n) is 7.40. The average molecular weight is 508 g/mol. The number of carbonyl (C=O) groups excluding carboxylic acids is 1. The maximum absolute atomic E-state index is 12.7. The Balaban J connectivity index is 1.85. The van der Waals surface area contributed by atoms with Crippen LogP contribution in [0.2, 0.25) is 0 Å². The van der Waals surface area contributed by atoms with Gasteiger partial charge >= 0.3 is 0 Å². The van der Waals surface area contributed by atoms with Gasteiger partial charge in [0.25, 0.3) is 21.7 Å². The Bertz CT molecular complexity index is 1650. The topological polar surface area (TPSA) is 192 Å². The monoisotopic (exact) mass is 508 g/mol. The highest BCUT2D eigenvalue weighted by Gasteiger charge is 2.24. The maximum Gasteiger partial charge on any atom is 0.298 e. The number of nitrogens with one attached hydrogen (secondary N) is 1. The predicted molar refractivity (Wildman–Crippen MR) is 129 cm³/mol. The van der Waals surface area contributed by atoms with Crippen molar-refractivity contribution < 1.29 is 32.9 Å². The molecule has 0 unspecified atom stereocenters. The van der Waals surface area contributed by atoms with Crippen LogP contribution >= 0.6 is 0 Å². The molecule has 0 spiro atoms. The van der Waals surface area contributed by atoms with Crippen molar-refractivity contribution in [3.8, 4) is 11.5 Å². The minimum absolute atomic E-state index is 0.171. The minimum Gasteiger partial charge on any atom is -0.506 e. The number of amides is 1. The highest BCUT2D eigenvalue weighted by atomic mass is 32.2. The number of azo groups is 1. The fraction of sp³-hybridized carbons (Fsp3) is 0. The normalized spacial score (nSPS) is 11.6. The van der Waals surface area contributed by atoms with E-state index in [1.54, 1.807) is 54.6 Å². The van der Waals surface area contributed by atoms with Gasteiger partial charge in [0.05, 0.1) is 10.6 Å². The first kappa shape index (κ1) is 24.3. The van der Waals surface area contributed by atoms with Crippen LogP contribution in [0, 0.1) is 10.1 Å². The molecule has 4 N–H and O–H groups in total. The van der Waals surface area contributed by atoms with E-state index in [1.807, 2.05) is 0 Å². The van der Waals surface area contributed by atoms with Gasteiger partial charge in [-0.3, -0.25) is 19.5 Å². The van der Waals surface area contributed by atoms with Crippen LogP contribution in [0.3, 0.4) is 0 Å². The molecule has 4 aromatic rings. The highest BCUT2D eigenvalue weighted by molar-refractivity contribution is 7.86. The molecule has 1 amide bonds. The molecule has 13 heteroatoms. The van der Waals surface area contributed by atoms with E-state index in [0.29, 0.717) is 17.0 Å². The summed E-state index contributed by atoms with van der Waals surface area (Å²) in [6.45, 7) is 0. The first-order chi connectivity index (χ1) is 17.1. The summed E-state index contributed by atoms with van der Waals surface area (Å²) in [5.41, 5.74) is -0.979. The summed E-state index contributed by atoms with van der Waals surface area (Å²) in [6.07, 6.45) is 0. The molecule has 0 aliphatic carbocycles. The van der Waals surface area contributed by atoms with Gasteiger partial charge in [0, 0.05) is 23.1 Å². The zero-order valence-electron chi connectivity index (χ0n) is 18.1. The fourth-order valence-electron chi connectivity index (χ4n) is 3.40. The van der Waals surface area contributed by atoms with Crippen LogP contribution in [0.25, 0.3) is 10.8 Å². The van der Waals surface area contributed by atoms with Crippen molar-refractivity contribution in [3.63, 3.8) is 0 Å². The lowest BCUT2D eigenvalue weighted by Crippen LogP contribution is -2.11. The summed E-state index contributed by atoms with van der Waals surface area (Å²) in [5, 5.41) is 43.1. The van der Waals surface area contributed by atoms with E-state index in [2.05, 4.69) is 15.5 Å². The minimum atomic E-state index is -5.04. The van der Waals surface area contributed by atoms with Crippen LogP contribution in [-0.2, 0) is 10.1 Å². The van der Waals surface area contributed by atoms with Gasteiger partial charge in [-0.25, -0.2) is 0 Å². The predicted octanol–water partition coefficient (Wildman–Crippen LogP) is 5.07. The summed E-state index contributed by atoms with van der Waals surface area (Å²) in [4.78, 5) is 21.8. The smallest absolute Gasteiger partial charge is 0.298 e. The van der Waals surface area contributed by atoms with Crippen LogP contribution in [0.5, 0.6) is 11.5 Å². The lowest BCUT2D eigenvalue weighted by atomic mass is 10.1. The number of hydrogen-bond acceptors (Lipinski definition) is 9. The Labute approximate surface area is 203 Å². The first-order valence-corrected chi connectivity index (χ1v) is 11.5. The maximum atomic E-state index is 12.7. The lowest BCUT2D eigenvalue weighted by molar-refractivity contribution is -0.385. The largest absolute Gasteiger partial charge is 0.506 e. The Morgan fingerprint density at radius 3 is 2.33 bits per heavy atom. The number of non-ortho nitro benzene ring substituents is 1. The Morgan fingerprint density at radius 1 is 0.944 bits per heavy atom. The molecule has 12 nitrogen and oxygen atoms in total. The number of nitro benzene ring substituents is 1. The molecule has 0 saturated carbocycles. The summed E-state index contributed by atoms with van der Waals surface area (Å²) in [6, 6.07) is 17.3. The molecule has 0 bridgehead atoms. The molecule has 0 saturated heterocycles. The number of phenolic OH excluding ortho intramolecular Hbond substituents is 2. The van der Waals surface area contributed by atoms with Crippen molar-refractivity contribution >= 4 is 49.5 Å². The summed E-state index contributed by atoms with van der Waals surface area (Å²) >= 11 is 0. The van der Waals surface area contributed by atoms with Crippen molar-refractivity contribution in [1.82, 2.24) is 0 Å². The molecule has 0 fully saturated rings. The molecule has 0 aromatic heterocycles. The highest BCUT2D eigenvalue weighted by Crippen LogP contribution is 2.43. The molecular formula is C23H16N4O8S. The van der Waals surface area contributed by atoms with Crippen LogP contribution in [0.4, 0.5) is 22.7 Å². The zero-order valence-corrected chi connectivity index (χ0v) is 18.9. The molecule has 4 aromatic carbocycles. The van der Waals surface area contributed by atoms with E-state index in [9.17, 15) is 38.1 Å². The van der Waals surface area contributed by atoms with Crippen molar-refractivity contribution in [2.75, 3.05) is 5.32 Å². The fourth-order valence-corrected chi connectivity index (χ4v) is 4.02. The van der Waals surface area contributed by atoms with Gasteiger partial charge in [-0.05, 0) is 29.7 Å². The van der Waals surface area contributed by atoms with E-state index >= 15 is 0 Å². The zero-order chi connectivity index (χ0) is 26.0. The van der Waals surface area contributed by atoms with Crippen LogP contribution < -0.4 is 5.32 Å². The number of carbonyl (C=O) groups is 1. The van der Waals surface area contributed by atoms with Crippen molar-refractivity contribution in [1.29, 1.82) is 0 Å². The molecule has 36 heavy (non-hydrogen) atoms. The van der Waals surface area contributed by atoms with Gasteiger partial charge in [-0.2, -0.15) is 8.42 Å². The van der Waals surface area contributed by atoms with E-state index in [4.69, 9.17) is 0 Å². The van der Waals surface area contributed by atoms with E-state index in [0.717, 1.165) is 6.07 Å². The van der Waals surface area contributed by atoms with Gasteiger partial charge in [0.15, 0.2) is 5.75 Å². The number of anilines is 1. The SMILES string of the molecule is O=C(Nc1cccc2ccc(O)c(N=Nc3cc([N+](=O)[O-])cc(S(=O)(=O)O)c3O)c12)c1ccccc1. The quantitative estimate of drug-likeness (QED) is 0.120. The molecule has 0 aliphatic heterocycles. The Hall–Kier alpha value is -4.88. The van der Waals surface area contributed by atoms with Crippen LogP contribution in [0.1, 0.15) is 10.4 Å². The molecule has 0 radical (unpaired) electrons. The number of rotatable bonds is 6. The number of hydrogen-bond donors (Lipinski definition) is 4. The van der Waals surface area contributed by atoms with Gasteiger partial charge in [-0.15, -0.1) is 10.2 Å². The van der Waals surface area contributed by atoms with Gasteiger partial charge in [0.1, 0.15) is 22.0 Å². The third-order valence-electron chi connectivity index (χ3n) is 5.07. The van der Waals surface area contributed by atoms with E-state index in [1.165, 1.54) is 6.07 Å². The number of benzene rings is 4. The van der Waals surface area contributed by atoms with Gasteiger partial charge in [0.2, 0.25) is 0 Å². The first-order valence-electron chi connectivity index (χ1n) is 10.1. The summed E-state index contributed by atoms with van der Waals surface area (Å²) in [5.74, 6) is -1.90. The molecule has 0 atom stereocenters. The third-order valence-corrected chi connectivity index (χ3v) is 5.93. The lowest BCUT2D eigenvalue weighted by Gasteiger charge is -2.12. The van der Waals surface area contributed by atoms with Crippen molar-refractivity contribution in [2.24, 2.45) is 10.2 Å². The van der Waals surface area contributed by atoms with Crippen molar-refractivity contribution in [3.05, 3.63) is 88.5 Å². The van der Waals surface area contributed by atoms with Crippen LogP contribution in [-0.4, -0.2) is 34.0 Å². The Kier molecular flexibility index (Phi) is 6.33. The van der Waals surface area contributed by atoms with Crippen molar-refractivity contribution in [2.45, 2.75) is 4.90 Å². The molecule has 4 rings (SSSR count). The standard InChI is InChI=1S/C23H16N4O8S/c28-18-10-9-13-7-4-8-16(24-23(30)14-5-2-1-3-6-14)20(13)21(18)26-25-17-11-15(27(31)32)12-19(22(17)29)36(33,34)35/h1-12,28-29H,(H,24,30)(H,33,34,35). The van der Waals surface area contributed by atoms with Gasteiger partial charge in [-0.1, -0.05) is 36.4 Å². The molecular weight excluding hydrogens is 492 g/mol. The second-order valence-corrected chi connectivity index (χ2v) is 8.79. The number of phenols is 2. The average Bonchev–Trinajstić information content (AvgIpc) is 2.84. The summed E-state index contributed by atoms with van der Waals surface area (Å²) in [7, 11) is -5.04. The molecule has 182 valence electrons. The number of fused-ring (bicyclic) bond motifs is 1. The number of aromatic hydroxyl groups is 2. The number of nitrogens with zero attached hydrogens (tertiary/aromatic N) is 3. The molecule has 0 heterocycles. The van der Waals surface area contributed by atoms with E-state index in [-0.39, 0.29) is 22.5 Å². The summed E-state index contributed by atoms with van der Waals surface area (Å²) < 4.78 is 32.5. The number of nitro groups is 1. The van der Waals surface area contributed by atoms with Crippen LogP contribution in [0.15, 0.2) is 87.9 Å². The Morgan fingerprint density at radius 2 is 1.67 bits per heavy atom.